The molecule has 0 spiro atoms. The first kappa shape index (κ1) is 14.3. The van der Waals surface area contributed by atoms with Crippen molar-refractivity contribution in [2.75, 3.05) is 6.54 Å². The first-order valence-corrected chi connectivity index (χ1v) is 8.94. The summed E-state index contributed by atoms with van der Waals surface area (Å²) in [7, 11) is 0. The third kappa shape index (κ3) is 3.52. The Bertz CT molecular complexity index is 417. The summed E-state index contributed by atoms with van der Waals surface area (Å²) >= 11 is 1.90. The van der Waals surface area contributed by atoms with Gasteiger partial charge in [0, 0.05) is 11.3 Å². The molecule has 0 aromatic carbocycles. The molecule has 0 saturated heterocycles. The zero-order chi connectivity index (χ0) is 13.8. The molecule has 1 aromatic heterocycles. The van der Waals surface area contributed by atoms with Crippen molar-refractivity contribution < 1.29 is 0 Å². The number of tetrazole rings is 1. The Hall–Kier alpha value is -0.620. The Balaban J connectivity index is 1.68. The lowest BCUT2D eigenvalue weighted by Gasteiger charge is -2.29. The smallest absolute Gasteiger partial charge is 0.209 e. The highest BCUT2D eigenvalue weighted by atomic mass is 32.2. The second-order valence-electron chi connectivity index (χ2n) is 5.95. The SMILES string of the molecule is CCNC1CCCCCCC1Sc1nnnn1C1CC1. The van der Waals surface area contributed by atoms with E-state index in [9.17, 15) is 0 Å². The van der Waals surface area contributed by atoms with Crippen LogP contribution in [0, 0.1) is 0 Å². The highest BCUT2D eigenvalue weighted by molar-refractivity contribution is 7.99. The maximum absolute atomic E-state index is 4.26. The number of thioether (sulfide) groups is 1. The van der Waals surface area contributed by atoms with E-state index in [1.807, 2.05) is 16.4 Å². The fourth-order valence-electron chi connectivity index (χ4n) is 3.03. The predicted octanol–water partition coefficient (Wildman–Crippen LogP) is 2.80. The largest absolute Gasteiger partial charge is 0.313 e. The quantitative estimate of drug-likeness (QED) is 0.905. The molecule has 0 bridgehead atoms. The molecular weight excluding hydrogens is 270 g/mol. The lowest BCUT2D eigenvalue weighted by Crippen LogP contribution is -2.39. The number of rotatable bonds is 5. The number of nitrogens with zero attached hydrogens (tertiary/aromatic N) is 4. The van der Waals surface area contributed by atoms with E-state index in [2.05, 4.69) is 27.8 Å². The van der Waals surface area contributed by atoms with Crippen molar-refractivity contribution in [1.29, 1.82) is 0 Å². The van der Waals surface area contributed by atoms with Gasteiger partial charge in [-0.05, 0) is 42.7 Å². The second-order valence-corrected chi connectivity index (χ2v) is 7.16. The molecule has 1 heterocycles. The molecule has 20 heavy (non-hydrogen) atoms. The molecule has 2 unspecified atom stereocenters. The van der Waals surface area contributed by atoms with Crippen LogP contribution in [0.15, 0.2) is 5.16 Å². The van der Waals surface area contributed by atoms with Gasteiger partial charge in [0.15, 0.2) is 0 Å². The monoisotopic (exact) mass is 295 g/mol. The molecule has 0 aliphatic heterocycles. The van der Waals surface area contributed by atoms with Crippen LogP contribution in [0.5, 0.6) is 0 Å². The summed E-state index contributed by atoms with van der Waals surface area (Å²) in [4.78, 5) is 0. The molecule has 0 amide bonds. The average Bonchev–Trinajstić information content (AvgIpc) is 3.17. The molecule has 112 valence electrons. The Morgan fingerprint density at radius 3 is 2.70 bits per heavy atom. The van der Waals surface area contributed by atoms with Gasteiger partial charge in [0.25, 0.3) is 0 Å². The molecule has 0 radical (unpaired) electrons. The Labute approximate surface area is 125 Å². The van der Waals surface area contributed by atoms with E-state index in [1.165, 1.54) is 51.4 Å². The summed E-state index contributed by atoms with van der Waals surface area (Å²) in [6.45, 7) is 3.25. The van der Waals surface area contributed by atoms with Crippen molar-refractivity contribution in [3.05, 3.63) is 0 Å². The third-order valence-electron chi connectivity index (χ3n) is 4.28. The second kappa shape index (κ2) is 6.89. The summed E-state index contributed by atoms with van der Waals surface area (Å²) in [6, 6.07) is 1.17. The molecule has 2 atom stereocenters. The Morgan fingerprint density at radius 2 is 1.95 bits per heavy atom. The third-order valence-corrected chi connectivity index (χ3v) is 5.63. The molecular formula is C14H25N5S. The van der Waals surface area contributed by atoms with Gasteiger partial charge >= 0.3 is 0 Å². The maximum atomic E-state index is 4.26. The molecule has 5 nitrogen and oxygen atoms in total. The summed E-state index contributed by atoms with van der Waals surface area (Å²) < 4.78 is 2.05. The highest BCUT2D eigenvalue weighted by Crippen LogP contribution is 2.38. The van der Waals surface area contributed by atoms with E-state index >= 15 is 0 Å². The topological polar surface area (TPSA) is 55.6 Å². The summed E-state index contributed by atoms with van der Waals surface area (Å²) in [5.41, 5.74) is 0. The van der Waals surface area contributed by atoms with Gasteiger partial charge in [0.05, 0.1) is 6.04 Å². The number of hydrogen-bond donors (Lipinski definition) is 1. The van der Waals surface area contributed by atoms with Crippen molar-refractivity contribution in [3.63, 3.8) is 0 Å². The van der Waals surface area contributed by atoms with Crippen molar-refractivity contribution in [2.24, 2.45) is 0 Å². The number of nitrogens with one attached hydrogen (secondary N) is 1. The van der Waals surface area contributed by atoms with E-state index in [4.69, 9.17) is 0 Å². The van der Waals surface area contributed by atoms with E-state index in [0.29, 0.717) is 17.3 Å². The number of hydrogen-bond acceptors (Lipinski definition) is 5. The van der Waals surface area contributed by atoms with Crippen LogP contribution in [0.1, 0.15) is 64.3 Å². The summed E-state index contributed by atoms with van der Waals surface area (Å²) in [6.07, 6.45) is 10.5. The lowest BCUT2D eigenvalue weighted by molar-refractivity contribution is 0.405. The lowest BCUT2D eigenvalue weighted by atomic mass is 9.96. The normalized spacial score (nSPS) is 28.1. The van der Waals surface area contributed by atoms with Crippen LogP contribution in [0.4, 0.5) is 0 Å². The van der Waals surface area contributed by atoms with Gasteiger partial charge in [0.2, 0.25) is 5.16 Å². The minimum atomic E-state index is 0.568. The average molecular weight is 295 g/mol. The molecule has 2 aliphatic carbocycles. The van der Waals surface area contributed by atoms with Gasteiger partial charge < -0.3 is 5.32 Å². The van der Waals surface area contributed by atoms with Crippen LogP contribution in [-0.4, -0.2) is 38.0 Å². The van der Waals surface area contributed by atoms with Crippen LogP contribution in [0.25, 0.3) is 0 Å². The van der Waals surface area contributed by atoms with Gasteiger partial charge in [-0.1, -0.05) is 44.4 Å². The van der Waals surface area contributed by atoms with Crippen molar-refractivity contribution in [2.45, 2.75) is 80.8 Å². The van der Waals surface area contributed by atoms with E-state index < -0.39 is 0 Å². The van der Waals surface area contributed by atoms with Gasteiger partial charge in [-0.15, -0.1) is 5.10 Å². The predicted molar refractivity (Wildman–Crippen MR) is 80.9 cm³/mol. The number of aromatic nitrogens is 4. The minimum absolute atomic E-state index is 0.568. The molecule has 1 N–H and O–H groups in total. The van der Waals surface area contributed by atoms with Gasteiger partial charge in [-0.3, -0.25) is 0 Å². The minimum Gasteiger partial charge on any atom is -0.313 e. The van der Waals surface area contributed by atoms with Gasteiger partial charge in [0.1, 0.15) is 0 Å². The maximum Gasteiger partial charge on any atom is 0.209 e. The summed E-state index contributed by atoms with van der Waals surface area (Å²) in [5, 5.41) is 17.6. The molecule has 1 aromatic rings. The first-order chi connectivity index (χ1) is 9.88. The van der Waals surface area contributed by atoms with E-state index in [0.717, 1.165) is 11.7 Å². The van der Waals surface area contributed by atoms with Crippen molar-refractivity contribution in [3.8, 4) is 0 Å². The van der Waals surface area contributed by atoms with Crippen LogP contribution in [0.2, 0.25) is 0 Å². The van der Waals surface area contributed by atoms with Gasteiger partial charge in [-0.25, -0.2) is 4.68 Å². The molecule has 2 saturated carbocycles. The Kier molecular flexibility index (Phi) is 4.94. The van der Waals surface area contributed by atoms with Gasteiger partial charge in [-0.2, -0.15) is 0 Å². The highest BCUT2D eigenvalue weighted by Gasteiger charge is 2.31. The Morgan fingerprint density at radius 1 is 1.15 bits per heavy atom. The first-order valence-electron chi connectivity index (χ1n) is 8.06. The van der Waals surface area contributed by atoms with E-state index in [1.54, 1.807) is 0 Å². The van der Waals surface area contributed by atoms with Crippen molar-refractivity contribution in [1.82, 2.24) is 25.5 Å². The molecule has 2 fully saturated rings. The zero-order valence-corrected chi connectivity index (χ0v) is 13.1. The van der Waals surface area contributed by atoms with Crippen LogP contribution < -0.4 is 5.32 Å². The van der Waals surface area contributed by atoms with E-state index in [-0.39, 0.29) is 0 Å². The fraction of sp³-hybridized carbons (Fsp3) is 0.929. The van der Waals surface area contributed by atoms with Crippen LogP contribution >= 0.6 is 11.8 Å². The van der Waals surface area contributed by atoms with Crippen LogP contribution in [-0.2, 0) is 0 Å². The zero-order valence-electron chi connectivity index (χ0n) is 12.3. The van der Waals surface area contributed by atoms with Crippen molar-refractivity contribution >= 4 is 11.8 Å². The molecule has 6 heteroatoms. The van der Waals surface area contributed by atoms with Crippen LogP contribution in [0.3, 0.4) is 0 Å². The molecule has 2 aliphatic rings. The standard InChI is InChI=1S/C14H25N5S/c1-2-15-12-7-5-3-4-6-8-13(12)20-14-16-17-18-19(14)11-9-10-11/h11-13,15H,2-10H2,1H3. The fourth-order valence-corrected chi connectivity index (χ4v) is 4.36. The summed E-state index contributed by atoms with van der Waals surface area (Å²) in [5.74, 6) is 0. The molecule has 3 rings (SSSR count).